The molecule has 1 saturated heterocycles. The van der Waals surface area contributed by atoms with Crippen molar-refractivity contribution >= 4 is 0 Å². The van der Waals surface area contributed by atoms with Crippen LogP contribution in [-0.4, -0.2) is 6.54 Å². The summed E-state index contributed by atoms with van der Waals surface area (Å²) in [4.78, 5) is 0. The molecular weight excluding hydrogens is 122 g/mol. The molecule has 1 unspecified atom stereocenters. The number of hydrogen-bond acceptors (Lipinski definition) is 1. The van der Waals surface area contributed by atoms with Crippen LogP contribution in [0.25, 0.3) is 0 Å². The summed E-state index contributed by atoms with van der Waals surface area (Å²) < 4.78 is 0. The molecule has 1 fully saturated rings. The lowest BCUT2D eigenvalue weighted by molar-refractivity contribution is 0.287. The highest BCUT2D eigenvalue weighted by Gasteiger charge is 2.29. The molecule has 1 heterocycles. The van der Waals surface area contributed by atoms with Gasteiger partial charge in [0.2, 0.25) is 0 Å². The molecular formula is C9H17N. The second-order valence-electron chi connectivity index (χ2n) is 4.16. The quantitative estimate of drug-likeness (QED) is 0.542. The van der Waals surface area contributed by atoms with Gasteiger partial charge in [0.15, 0.2) is 0 Å². The molecule has 1 aliphatic rings. The largest absolute Gasteiger partial charge is 0.389 e. The van der Waals surface area contributed by atoms with Gasteiger partial charge in [-0.15, -0.1) is 0 Å². The molecule has 0 amide bonds. The first-order valence-corrected chi connectivity index (χ1v) is 3.94. The lowest BCUT2D eigenvalue weighted by atomic mass is 9.79. The molecule has 0 aromatic heterocycles. The molecule has 10 heavy (non-hydrogen) atoms. The highest BCUT2D eigenvalue weighted by molar-refractivity contribution is 5.07. The van der Waals surface area contributed by atoms with E-state index in [0.29, 0.717) is 11.3 Å². The summed E-state index contributed by atoms with van der Waals surface area (Å²) in [5.41, 5.74) is 1.62. The summed E-state index contributed by atoms with van der Waals surface area (Å²) in [6.45, 7) is 11.9. The fraction of sp³-hybridized carbons (Fsp3) is 0.778. The van der Waals surface area contributed by atoms with Crippen LogP contribution in [0.5, 0.6) is 0 Å². The van der Waals surface area contributed by atoms with E-state index in [1.807, 2.05) is 0 Å². The van der Waals surface area contributed by atoms with Gasteiger partial charge in [0, 0.05) is 18.2 Å². The molecule has 58 valence electrons. The summed E-state index contributed by atoms with van der Waals surface area (Å²) in [6, 6.07) is 0. The van der Waals surface area contributed by atoms with Crippen LogP contribution in [0.2, 0.25) is 0 Å². The Morgan fingerprint density at radius 2 is 2.10 bits per heavy atom. The Morgan fingerprint density at radius 1 is 1.50 bits per heavy atom. The minimum absolute atomic E-state index is 0.389. The highest BCUT2D eigenvalue weighted by Crippen LogP contribution is 2.35. The number of hydrogen-bond donors (Lipinski definition) is 1. The van der Waals surface area contributed by atoms with E-state index in [4.69, 9.17) is 0 Å². The average Bonchev–Trinajstić information content (AvgIpc) is 2.11. The zero-order valence-corrected chi connectivity index (χ0v) is 7.20. The molecule has 0 aromatic carbocycles. The third-order valence-electron chi connectivity index (χ3n) is 2.25. The summed E-state index contributed by atoms with van der Waals surface area (Å²) >= 11 is 0. The monoisotopic (exact) mass is 139 g/mol. The van der Waals surface area contributed by atoms with Crippen molar-refractivity contribution in [3.05, 3.63) is 12.3 Å². The fourth-order valence-electron chi connectivity index (χ4n) is 1.63. The third-order valence-corrected chi connectivity index (χ3v) is 2.25. The predicted octanol–water partition coefficient (Wildman–Crippen LogP) is 2.16. The van der Waals surface area contributed by atoms with Gasteiger partial charge in [0.25, 0.3) is 0 Å². The van der Waals surface area contributed by atoms with Crippen LogP contribution < -0.4 is 5.32 Å². The Labute approximate surface area is 63.5 Å². The Hall–Kier alpha value is -0.460. The summed E-state index contributed by atoms with van der Waals surface area (Å²) in [5, 5.41) is 3.28. The zero-order valence-electron chi connectivity index (χ0n) is 7.20. The molecule has 1 aliphatic heterocycles. The van der Waals surface area contributed by atoms with E-state index in [1.54, 1.807) is 0 Å². The minimum Gasteiger partial charge on any atom is -0.389 e. The molecule has 1 atom stereocenters. The van der Waals surface area contributed by atoms with Gasteiger partial charge in [-0.25, -0.2) is 0 Å². The van der Waals surface area contributed by atoms with Gasteiger partial charge in [-0.2, -0.15) is 0 Å². The minimum atomic E-state index is 0.389. The van der Waals surface area contributed by atoms with Crippen LogP contribution in [-0.2, 0) is 0 Å². The van der Waals surface area contributed by atoms with E-state index in [-0.39, 0.29) is 0 Å². The second-order valence-corrected chi connectivity index (χ2v) is 4.16. The van der Waals surface area contributed by atoms with Gasteiger partial charge < -0.3 is 5.32 Å². The van der Waals surface area contributed by atoms with E-state index >= 15 is 0 Å². The van der Waals surface area contributed by atoms with E-state index in [2.05, 4.69) is 32.7 Å². The maximum atomic E-state index is 3.99. The van der Waals surface area contributed by atoms with Crippen molar-refractivity contribution in [1.82, 2.24) is 5.32 Å². The van der Waals surface area contributed by atoms with Crippen molar-refractivity contribution in [2.24, 2.45) is 11.3 Å². The molecule has 0 spiro atoms. The summed E-state index contributed by atoms with van der Waals surface area (Å²) in [7, 11) is 0. The lowest BCUT2D eigenvalue weighted by Gasteiger charge is -2.26. The number of rotatable bonds is 0. The average molecular weight is 139 g/mol. The Kier molecular flexibility index (Phi) is 1.76. The van der Waals surface area contributed by atoms with Crippen molar-refractivity contribution < 1.29 is 0 Å². The summed E-state index contributed by atoms with van der Waals surface area (Å²) in [5.74, 6) is 0.674. The van der Waals surface area contributed by atoms with Gasteiger partial charge in [-0.1, -0.05) is 27.4 Å². The van der Waals surface area contributed by atoms with Gasteiger partial charge in [0.05, 0.1) is 0 Å². The number of allylic oxidation sites excluding steroid dienone is 1. The topological polar surface area (TPSA) is 12.0 Å². The third kappa shape index (κ3) is 1.34. The first kappa shape index (κ1) is 7.64. The molecule has 1 heteroatoms. The van der Waals surface area contributed by atoms with Crippen molar-refractivity contribution in [2.45, 2.75) is 27.2 Å². The first-order valence-electron chi connectivity index (χ1n) is 3.94. The normalized spacial score (nSPS) is 26.7. The van der Waals surface area contributed by atoms with Gasteiger partial charge in [0.1, 0.15) is 0 Å². The Morgan fingerprint density at radius 3 is 2.30 bits per heavy atom. The van der Waals surface area contributed by atoms with Gasteiger partial charge >= 0.3 is 0 Å². The molecule has 1 nitrogen and oxygen atoms in total. The van der Waals surface area contributed by atoms with Gasteiger partial charge in [-0.05, 0) is 11.8 Å². The van der Waals surface area contributed by atoms with Crippen LogP contribution in [0, 0.1) is 11.3 Å². The van der Waals surface area contributed by atoms with E-state index in [0.717, 1.165) is 6.54 Å². The molecule has 0 aliphatic carbocycles. The molecule has 0 radical (unpaired) electrons. The fourth-order valence-corrected chi connectivity index (χ4v) is 1.63. The Balaban J connectivity index is 2.64. The second kappa shape index (κ2) is 2.30. The van der Waals surface area contributed by atoms with Crippen LogP contribution in [0.1, 0.15) is 27.2 Å². The van der Waals surface area contributed by atoms with Crippen LogP contribution in [0.3, 0.4) is 0 Å². The van der Waals surface area contributed by atoms with Crippen LogP contribution in [0.15, 0.2) is 12.3 Å². The van der Waals surface area contributed by atoms with Crippen LogP contribution >= 0.6 is 0 Å². The van der Waals surface area contributed by atoms with Crippen molar-refractivity contribution in [3.8, 4) is 0 Å². The van der Waals surface area contributed by atoms with E-state index in [1.165, 1.54) is 12.1 Å². The highest BCUT2D eigenvalue weighted by atomic mass is 14.9. The maximum absolute atomic E-state index is 3.99. The van der Waals surface area contributed by atoms with Crippen molar-refractivity contribution in [3.63, 3.8) is 0 Å². The van der Waals surface area contributed by atoms with Crippen LogP contribution in [0.4, 0.5) is 0 Å². The zero-order chi connectivity index (χ0) is 7.78. The van der Waals surface area contributed by atoms with Crippen molar-refractivity contribution in [2.75, 3.05) is 6.54 Å². The maximum Gasteiger partial charge on any atom is 0.0150 e. The molecule has 0 aromatic rings. The first-order chi connectivity index (χ1) is 4.52. The molecule has 1 N–H and O–H groups in total. The Bertz CT molecular complexity index is 141. The van der Waals surface area contributed by atoms with Gasteiger partial charge in [-0.3, -0.25) is 0 Å². The molecule has 0 saturated carbocycles. The molecule has 0 bridgehead atoms. The SMILES string of the molecule is C=C1NCCC1C(C)(C)C. The lowest BCUT2D eigenvalue weighted by Crippen LogP contribution is -2.20. The standard InChI is InChI=1S/C9H17N/c1-7-8(5-6-10-7)9(2,3)4/h8,10H,1,5-6H2,2-4H3. The smallest absolute Gasteiger partial charge is 0.0150 e. The predicted molar refractivity (Wildman–Crippen MR) is 44.7 cm³/mol. The number of nitrogens with one attached hydrogen (secondary N) is 1. The summed E-state index contributed by atoms with van der Waals surface area (Å²) in [6.07, 6.45) is 1.25. The molecule has 1 rings (SSSR count). The van der Waals surface area contributed by atoms with E-state index in [9.17, 15) is 0 Å². The van der Waals surface area contributed by atoms with Crippen molar-refractivity contribution in [1.29, 1.82) is 0 Å². The van der Waals surface area contributed by atoms with E-state index < -0.39 is 0 Å².